The van der Waals surface area contributed by atoms with Gasteiger partial charge in [-0.2, -0.15) is 11.8 Å². The third-order valence-electron chi connectivity index (χ3n) is 2.70. The summed E-state index contributed by atoms with van der Waals surface area (Å²) in [5.41, 5.74) is 6.16. The first-order valence-electron chi connectivity index (χ1n) is 6.39. The van der Waals surface area contributed by atoms with Gasteiger partial charge in [-0.25, -0.2) is 0 Å². The highest BCUT2D eigenvalue weighted by atomic mass is 35.5. The summed E-state index contributed by atoms with van der Waals surface area (Å²) in [7, 11) is 0. The number of carbonyl (C=O) groups is 1. The van der Waals surface area contributed by atoms with Gasteiger partial charge in [-0.3, -0.25) is 14.9 Å². The van der Waals surface area contributed by atoms with Crippen LogP contribution in [0.5, 0.6) is 0 Å². The molecule has 0 heterocycles. The van der Waals surface area contributed by atoms with E-state index in [1.165, 1.54) is 17.8 Å². The van der Waals surface area contributed by atoms with E-state index in [9.17, 15) is 14.9 Å². The van der Waals surface area contributed by atoms with Crippen LogP contribution in [0.3, 0.4) is 0 Å². The van der Waals surface area contributed by atoms with Crippen molar-refractivity contribution >= 4 is 35.0 Å². The molecule has 1 rings (SSSR count). The second kappa shape index (κ2) is 8.86. The Morgan fingerprint density at radius 3 is 2.90 bits per heavy atom. The molecule has 0 bridgehead atoms. The van der Waals surface area contributed by atoms with Crippen LogP contribution in [0, 0.1) is 10.1 Å². The Kier molecular flexibility index (Phi) is 7.49. The molecule has 1 aromatic rings. The fourth-order valence-electron chi connectivity index (χ4n) is 1.61. The van der Waals surface area contributed by atoms with Crippen molar-refractivity contribution in [3.05, 3.63) is 38.9 Å². The number of halogens is 1. The van der Waals surface area contributed by atoms with Crippen LogP contribution in [0.15, 0.2) is 18.2 Å². The van der Waals surface area contributed by atoms with Gasteiger partial charge >= 0.3 is 5.97 Å². The second-order valence-electron chi connectivity index (χ2n) is 4.19. The molecule has 2 N–H and O–H groups in total. The molecule has 0 aromatic heterocycles. The molecule has 0 amide bonds. The normalized spacial score (nSPS) is 12.0. The van der Waals surface area contributed by atoms with E-state index in [1.54, 1.807) is 19.1 Å². The molecule has 1 aromatic carbocycles. The predicted molar refractivity (Wildman–Crippen MR) is 83.5 cm³/mol. The lowest BCUT2D eigenvalue weighted by Gasteiger charge is -2.10. The van der Waals surface area contributed by atoms with Crippen LogP contribution in [0.4, 0.5) is 5.69 Å². The number of nitrogens with two attached hydrogens (primary N) is 1. The van der Waals surface area contributed by atoms with Crippen molar-refractivity contribution in [3.63, 3.8) is 0 Å². The van der Waals surface area contributed by atoms with Crippen LogP contribution in [-0.2, 0) is 15.3 Å². The molecule has 0 radical (unpaired) electrons. The maximum atomic E-state index is 11.3. The number of benzene rings is 1. The molecule has 0 spiro atoms. The zero-order valence-corrected chi connectivity index (χ0v) is 13.2. The van der Waals surface area contributed by atoms with E-state index in [0.29, 0.717) is 35.1 Å². The molecule has 21 heavy (non-hydrogen) atoms. The van der Waals surface area contributed by atoms with Gasteiger partial charge in [0.2, 0.25) is 0 Å². The van der Waals surface area contributed by atoms with E-state index in [4.69, 9.17) is 22.1 Å². The zero-order chi connectivity index (χ0) is 15.8. The van der Waals surface area contributed by atoms with E-state index in [0.717, 1.165) is 0 Å². The highest BCUT2D eigenvalue weighted by molar-refractivity contribution is 7.98. The van der Waals surface area contributed by atoms with Crippen molar-refractivity contribution in [2.75, 3.05) is 12.4 Å². The van der Waals surface area contributed by atoms with Gasteiger partial charge in [-0.15, -0.1) is 0 Å². The lowest BCUT2D eigenvalue weighted by molar-refractivity contribution is -0.385. The molecule has 0 aliphatic carbocycles. The molecular formula is C13H17ClN2O4S. The number of nitro benzene ring substituents is 1. The topological polar surface area (TPSA) is 95.5 Å². The minimum absolute atomic E-state index is 0.00434. The van der Waals surface area contributed by atoms with Crippen LogP contribution in [0.25, 0.3) is 0 Å². The van der Waals surface area contributed by atoms with Crippen LogP contribution in [0.2, 0.25) is 5.02 Å². The van der Waals surface area contributed by atoms with Gasteiger partial charge in [-0.05, 0) is 25.2 Å². The smallest absolute Gasteiger partial charge is 0.322 e. The molecule has 8 heteroatoms. The third kappa shape index (κ3) is 5.53. The summed E-state index contributed by atoms with van der Waals surface area (Å²) in [5, 5.41) is 11.3. The van der Waals surface area contributed by atoms with Crippen molar-refractivity contribution in [3.8, 4) is 0 Å². The summed E-state index contributed by atoms with van der Waals surface area (Å²) in [6, 6.07) is 3.92. The maximum Gasteiger partial charge on any atom is 0.322 e. The van der Waals surface area contributed by atoms with Crippen molar-refractivity contribution in [2.24, 2.45) is 5.73 Å². The van der Waals surface area contributed by atoms with Crippen LogP contribution in [0.1, 0.15) is 18.9 Å². The van der Waals surface area contributed by atoms with E-state index >= 15 is 0 Å². The first-order chi connectivity index (χ1) is 9.97. The largest absolute Gasteiger partial charge is 0.465 e. The average Bonchev–Trinajstić information content (AvgIpc) is 2.44. The van der Waals surface area contributed by atoms with Gasteiger partial charge in [0.1, 0.15) is 6.04 Å². The van der Waals surface area contributed by atoms with Crippen molar-refractivity contribution in [1.82, 2.24) is 0 Å². The number of esters is 1. The van der Waals surface area contributed by atoms with Crippen LogP contribution < -0.4 is 5.73 Å². The van der Waals surface area contributed by atoms with Crippen LogP contribution in [-0.4, -0.2) is 29.3 Å². The predicted octanol–water partition coefficient (Wildman–Crippen LogP) is 2.76. The van der Waals surface area contributed by atoms with Gasteiger partial charge < -0.3 is 10.5 Å². The van der Waals surface area contributed by atoms with Gasteiger partial charge in [0, 0.05) is 11.8 Å². The Labute approximate surface area is 132 Å². The highest BCUT2D eigenvalue weighted by Crippen LogP contribution is 2.30. The fourth-order valence-corrected chi connectivity index (χ4v) is 3.00. The lowest BCUT2D eigenvalue weighted by Crippen LogP contribution is -2.32. The van der Waals surface area contributed by atoms with E-state index < -0.39 is 16.9 Å². The molecule has 116 valence electrons. The van der Waals surface area contributed by atoms with Gasteiger partial charge in [0.05, 0.1) is 22.1 Å². The quantitative estimate of drug-likeness (QED) is 0.340. The van der Waals surface area contributed by atoms with E-state index in [1.807, 2.05) is 0 Å². The van der Waals surface area contributed by atoms with Gasteiger partial charge in [0.15, 0.2) is 0 Å². The van der Waals surface area contributed by atoms with E-state index in [2.05, 4.69) is 0 Å². The van der Waals surface area contributed by atoms with Crippen molar-refractivity contribution in [1.29, 1.82) is 0 Å². The summed E-state index contributed by atoms with van der Waals surface area (Å²) in [4.78, 5) is 21.8. The zero-order valence-electron chi connectivity index (χ0n) is 11.6. The summed E-state index contributed by atoms with van der Waals surface area (Å²) in [6.45, 7) is 2.02. The summed E-state index contributed by atoms with van der Waals surface area (Å²) in [5.74, 6) is 0.551. The number of rotatable bonds is 8. The third-order valence-corrected chi connectivity index (χ3v) is 4.07. The second-order valence-corrected chi connectivity index (χ2v) is 5.71. The van der Waals surface area contributed by atoms with E-state index in [-0.39, 0.29) is 5.69 Å². The van der Waals surface area contributed by atoms with Crippen molar-refractivity contribution < 1.29 is 14.5 Å². The lowest BCUT2D eigenvalue weighted by atomic mass is 10.2. The number of nitrogens with zero attached hydrogens (tertiary/aromatic N) is 1. The molecule has 0 aliphatic rings. The number of hydrogen-bond acceptors (Lipinski definition) is 6. The molecule has 0 saturated carbocycles. The Bertz CT molecular complexity index is 513. The first kappa shape index (κ1) is 17.7. The molecule has 1 unspecified atom stereocenters. The Morgan fingerprint density at radius 2 is 2.29 bits per heavy atom. The first-order valence-corrected chi connectivity index (χ1v) is 7.92. The molecule has 0 aliphatic heterocycles. The average molecular weight is 333 g/mol. The van der Waals surface area contributed by atoms with Crippen molar-refractivity contribution in [2.45, 2.75) is 25.1 Å². The standard InChI is InChI=1S/C13H17ClN2O4S/c1-2-20-13(17)11(15)6-7-21-8-9-10(14)4-3-5-12(9)16(18)19/h3-5,11H,2,6-8,15H2,1H3. The minimum Gasteiger partial charge on any atom is -0.465 e. The Balaban J connectivity index is 2.50. The fraction of sp³-hybridized carbons (Fsp3) is 0.462. The number of ether oxygens (including phenoxy) is 1. The summed E-state index contributed by atoms with van der Waals surface area (Å²) in [6.07, 6.45) is 0.446. The minimum atomic E-state index is -0.668. The van der Waals surface area contributed by atoms with Gasteiger partial charge in [0.25, 0.3) is 5.69 Å². The van der Waals surface area contributed by atoms with Gasteiger partial charge in [-0.1, -0.05) is 17.7 Å². The number of nitro groups is 1. The maximum absolute atomic E-state index is 11.3. The summed E-state index contributed by atoms with van der Waals surface area (Å²) >= 11 is 7.43. The number of hydrogen-bond donors (Lipinski definition) is 1. The Morgan fingerprint density at radius 1 is 1.57 bits per heavy atom. The number of thioether (sulfide) groups is 1. The molecule has 0 fully saturated rings. The molecule has 1 atom stereocenters. The molecule has 0 saturated heterocycles. The monoisotopic (exact) mass is 332 g/mol. The SMILES string of the molecule is CCOC(=O)C(N)CCSCc1c(Cl)cccc1[N+](=O)[O-]. The molecular weight excluding hydrogens is 316 g/mol. The van der Waals surface area contributed by atoms with Crippen LogP contribution >= 0.6 is 23.4 Å². The summed E-state index contributed by atoms with van der Waals surface area (Å²) < 4.78 is 4.81. The number of carbonyl (C=O) groups excluding carboxylic acids is 1. The highest BCUT2D eigenvalue weighted by Gasteiger charge is 2.17. The molecule has 6 nitrogen and oxygen atoms in total. The Hall–Kier alpha value is -1.31.